The minimum absolute atomic E-state index is 0. The van der Waals surface area contributed by atoms with E-state index >= 15 is 0 Å². The first kappa shape index (κ1) is 16.7. The van der Waals surface area contributed by atoms with Crippen molar-refractivity contribution in [2.45, 2.75) is 38.6 Å². The third-order valence-corrected chi connectivity index (χ3v) is 4.90. The molecule has 7 heteroatoms. The number of hydrogen-bond donors (Lipinski definition) is 2. The highest BCUT2D eigenvalue weighted by atomic mass is 35.5. The number of carbonyl (C=O) groups excluding carboxylic acids is 1. The van der Waals surface area contributed by atoms with Gasteiger partial charge in [-0.05, 0) is 25.2 Å². The highest BCUT2D eigenvalue weighted by Gasteiger charge is 2.21. The lowest BCUT2D eigenvalue weighted by atomic mass is 9.93. The predicted molar refractivity (Wildman–Crippen MR) is 86.4 cm³/mol. The number of nitrogens with one attached hydrogen (secondary N) is 2. The molecule has 5 nitrogen and oxygen atoms in total. The average Bonchev–Trinajstić information content (AvgIpc) is 2.80. The molecule has 1 aliphatic heterocycles. The molecule has 2 N–H and O–H groups in total. The van der Waals surface area contributed by atoms with Crippen LogP contribution < -0.4 is 10.6 Å². The van der Waals surface area contributed by atoms with Gasteiger partial charge >= 0.3 is 0 Å². The summed E-state index contributed by atoms with van der Waals surface area (Å²) in [5.41, 5.74) is 1.18. The van der Waals surface area contributed by atoms with Crippen molar-refractivity contribution < 1.29 is 9.53 Å². The summed E-state index contributed by atoms with van der Waals surface area (Å²) >= 11 is 1.63. The Bertz CT molecular complexity index is 489. The van der Waals surface area contributed by atoms with Gasteiger partial charge in [-0.2, -0.15) is 0 Å². The van der Waals surface area contributed by atoms with E-state index in [9.17, 15) is 4.79 Å². The molecule has 21 heavy (non-hydrogen) atoms. The van der Waals surface area contributed by atoms with Crippen molar-refractivity contribution in [3.63, 3.8) is 0 Å². The number of carbonyl (C=O) groups is 1. The van der Waals surface area contributed by atoms with Gasteiger partial charge in [0.25, 0.3) is 0 Å². The molecule has 0 spiro atoms. The molecule has 1 fully saturated rings. The van der Waals surface area contributed by atoms with Crippen LogP contribution in [0, 0.1) is 5.92 Å². The molecule has 2 atom stereocenters. The SMILES string of the molecule is CC1CCc2nc(NC(=O)CC3COCCN3)sc2C1.Cl. The fourth-order valence-electron chi connectivity index (χ4n) is 2.74. The number of aryl methyl sites for hydroxylation is 1. The Labute approximate surface area is 135 Å². The van der Waals surface area contributed by atoms with Crippen LogP contribution in [0.15, 0.2) is 0 Å². The van der Waals surface area contributed by atoms with E-state index in [4.69, 9.17) is 4.74 Å². The molecule has 0 aromatic carbocycles. The number of anilines is 1. The zero-order valence-electron chi connectivity index (χ0n) is 12.2. The van der Waals surface area contributed by atoms with Gasteiger partial charge in [0.15, 0.2) is 5.13 Å². The summed E-state index contributed by atoms with van der Waals surface area (Å²) < 4.78 is 5.36. The molecular formula is C14H22ClN3O2S. The molecule has 3 rings (SSSR count). The van der Waals surface area contributed by atoms with Gasteiger partial charge in [-0.15, -0.1) is 23.7 Å². The standard InChI is InChI=1S/C14H21N3O2S.ClH/c1-9-2-3-11-12(6-9)20-14(16-11)17-13(18)7-10-8-19-5-4-15-10;/h9-10,15H,2-8H2,1H3,(H,16,17,18);1H. The van der Waals surface area contributed by atoms with Gasteiger partial charge in [-0.25, -0.2) is 4.98 Å². The molecule has 2 unspecified atom stereocenters. The first-order valence-corrected chi connectivity index (χ1v) is 8.12. The molecule has 0 radical (unpaired) electrons. The van der Waals surface area contributed by atoms with Gasteiger partial charge in [-0.1, -0.05) is 6.92 Å². The van der Waals surface area contributed by atoms with Crippen LogP contribution in [0.1, 0.15) is 30.3 Å². The lowest BCUT2D eigenvalue weighted by molar-refractivity contribution is -0.117. The second-order valence-electron chi connectivity index (χ2n) is 5.72. The lowest BCUT2D eigenvalue weighted by Crippen LogP contribution is -2.43. The monoisotopic (exact) mass is 331 g/mol. The third-order valence-electron chi connectivity index (χ3n) is 3.86. The number of aromatic nitrogens is 1. The molecule has 0 bridgehead atoms. The Kier molecular flexibility index (Phi) is 5.98. The van der Waals surface area contributed by atoms with Crippen molar-refractivity contribution in [3.8, 4) is 0 Å². The Morgan fingerprint density at radius 1 is 1.57 bits per heavy atom. The summed E-state index contributed by atoms with van der Waals surface area (Å²) in [4.78, 5) is 17.9. The van der Waals surface area contributed by atoms with E-state index in [2.05, 4.69) is 22.5 Å². The number of fused-ring (bicyclic) bond motifs is 1. The number of rotatable bonds is 3. The second-order valence-corrected chi connectivity index (χ2v) is 6.80. The molecule has 1 aromatic heterocycles. The predicted octanol–water partition coefficient (Wildman–Crippen LogP) is 2.01. The molecule has 1 aliphatic carbocycles. The van der Waals surface area contributed by atoms with Crippen LogP contribution in [0.4, 0.5) is 5.13 Å². The molecule has 1 aromatic rings. The van der Waals surface area contributed by atoms with E-state index in [0.717, 1.165) is 37.0 Å². The van der Waals surface area contributed by atoms with Crippen molar-refractivity contribution in [2.75, 3.05) is 25.1 Å². The Hall–Kier alpha value is -0.690. The number of hydrogen-bond acceptors (Lipinski definition) is 5. The van der Waals surface area contributed by atoms with Crippen molar-refractivity contribution in [3.05, 3.63) is 10.6 Å². The Balaban J connectivity index is 0.00000161. The summed E-state index contributed by atoms with van der Waals surface area (Å²) in [7, 11) is 0. The highest BCUT2D eigenvalue weighted by molar-refractivity contribution is 7.15. The Morgan fingerprint density at radius 2 is 2.43 bits per heavy atom. The number of morpholine rings is 1. The van der Waals surface area contributed by atoms with Gasteiger partial charge in [0.2, 0.25) is 5.91 Å². The van der Waals surface area contributed by atoms with Gasteiger partial charge in [0.1, 0.15) is 0 Å². The first-order chi connectivity index (χ1) is 9.70. The molecular weight excluding hydrogens is 310 g/mol. The number of halogens is 1. The summed E-state index contributed by atoms with van der Waals surface area (Å²) in [6.45, 7) is 4.44. The number of ether oxygens (including phenoxy) is 1. The van der Waals surface area contributed by atoms with Crippen LogP contribution in [-0.4, -0.2) is 36.7 Å². The fraction of sp³-hybridized carbons (Fsp3) is 0.714. The van der Waals surface area contributed by atoms with E-state index < -0.39 is 0 Å². The minimum Gasteiger partial charge on any atom is -0.378 e. The quantitative estimate of drug-likeness (QED) is 0.889. The summed E-state index contributed by atoms with van der Waals surface area (Å²) in [5, 5.41) is 6.98. The zero-order valence-corrected chi connectivity index (χ0v) is 13.8. The van der Waals surface area contributed by atoms with Crippen molar-refractivity contribution in [2.24, 2.45) is 5.92 Å². The van der Waals surface area contributed by atoms with E-state index in [1.165, 1.54) is 17.0 Å². The van der Waals surface area contributed by atoms with Crippen molar-refractivity contribution >= 4 is 34.8 Å². The molecule has 2 aliphatic rings. The van der Waals surface area contributed by atoms with Crippen LogP contribution in [0.25, 0.3) is 0 Å². The average molecular weight is 332 g/mol. The maximum atomic E-state index is 12.0. The smallest absolute Gasteiger partial charge is 0.227 e. The number of nitrogens with zero attached hydrogens (tertiary/aromatic N) is 1. The fourth-order valence-corrected chi connectivity index (χ4v) is 3.93. The largest absolute Gasteiger partial charge is 0.378 e. The summed E-state index contributed by atoms with van der Waals surface area (Å²) in [6, 6.07) is 0.123. The molecule has 118 valence electrons. The van der Waals surface area contributed by atoms with Gasteiger partial charge in [0, 0.05) is 23.9 Å². The second kappa shape index (κ2) is 7.54. The first-order valence-electron chi connectivity index (χ1n) is 7.30. The van der Waals surface area contributed by atoms with Crippen molar-refractivity contribution in [1.29, 1.82) is 0 Å². The van der Waals surface area contributed by atoms with E-state index in [1.807, 2.05) is 0 Å². The number of amides is 1. The highest BCUT2D eigenvalue weighted by Crippen LogP contribution is 2.32. The lowest BCUT2D eigenvalue weighted by Gasteiger charge is -2.22. The zero-order chi connectivity index (χ0) is 13.9. The van der Waals surface area contributed by atoms with Gasteiger partial charge in [-0.3, -0.25) is 4.79 Å². The van der Waals surface area contributed by atoms with Crippen LogP contribution in [-0.2, 0) is 22.4 Å². The number of thiazole rings is 1. The van der Waals surface area contributed by atoms with E-state index in [1.54, 1.807) is 11.3 Å². The Morgan fingerprint density at radius 3 is 3.19 bits per heavy atom. The minimum atomic E-state index is 0. The summed E-state index contributed by atoms with van der Waals surface area (Å²) in [5.74, 6) is 0.752. The molecule has 0 saturated carbocycles. The van der Waals surface area contributed by atoms with E-state index in [-0.39, 0.29) is 24.4 Å². The molecule has 2 heterocycles. The van der Waals surface area contributed by atoms with Gasteiger partial charge in [0.05, 0.1) is 18.9 Å². The van der Waals surface area contributed by atoms with Gasteiger partial charge < -0.3 is 15.4 Å². The van der Waals surface area contributed by atoms with Crippen LogP contribution in [0.5, 0.6) is 0 Å². The third kappa shape index (κ3) is 4.39. The maximum absolute atomic E-state index is 12.0. The summed E-state index contributed by atoms with van der Waals surface area (Å²) in [6.07, 6.45) is 3.79. The topological polar surface area (TPSA) is 63.2 Å². The van der Waals surface area contributed by atoms with Crippen LogP contribution in [0.3, 0.4) is 0 Å². The van der Waals surface area contributed by atoms with Crippen molar-refractivity contribution in [1.82, 2.24) is 10.3 Å². The maximum Gasteiger partial charge on any atom is 0.227 e. The molecule has 1 saturated heterocycles. The van der Waals surface area contributed by atoms with Crippen LogP contribution >= 0.6 is 23.7 Å². The van der Waals surface area contributed by atoms with Crippen LogP contribution in [0.2, 0.25) is 0 Å². The normalized spacial score (nSPS) is 24.8. The van der Waals surface area contributed by atoms with E-state index in [0.29, 0.717) is 13.0 Å². The molecule has 1 amide bonds.